The van der Waals surface area contributed by atoms with Crippen LogP contribution >= 0.6 is 11.8 Å². The Morgan fingerprint density at radius 2 is 1.90 bits per heavy atom. The van der Waals surface area contributed by atoms with Crippen molar-refractivity contribution in [3.8, 4) is 0 Å². The summed E-state index contributed by atoms with van der Waals surface area (Å²) in [4.78, 5) is 2.48. The molecule has 1 aliphatic heterocycles. The fourth-order valence-electron chi connectivity index (χ4n) is 2.54. The molecule has 1 saturated heterocycles. The number of nitrogens with zero attached hydrogens (tertiary/aromatic N) is 4. The van der Waals surface area contributed by atoms with Crippen LogP contribution in [0.2, 0.25) is 0 Å². The Balaban J connectivity index is 0.000000774. The van der Waals surface area contributed by atoms with Gasteiger partial charge in [-0.3, -0.25) is 9.30 Å². The predicted molar refractivity (Wildman–Crippen MR) is 89.0 cm³/mol. The molecule has 2 aromatic rings. The molecule has 0 radical (unpaired) electrons. The summed E-state index contributed by atoms with van der Waals surface area (Å²) in [5.74, 6) is 0.952. The maximum atomic E-state index is 4.25. The monoisotopic (exact) mass is 307 g/mol. The largest absolute Gasteiger partial charge is 0.314 e. The van der Waals surface area contributed by atoms with Gasteiger partial charge in [0.1, 0.15) is 5.82 Å². The number of aromatic nitrogens is 3. The van der Waals surface area contributed by atoms with Gasteiger partial charge in [-0.15, -0.1) is 22.0 Å². The van der Waals surface area contributed by atoms with Gasteiger partial charge in [0, 0.05) is 32.7 Å². The molecule has 2 aromatic heterocycles. The summed E-state index contributed by atoms with van der Waals surface area (Å²) in [6, 6.07) is 4.41. The average molecular weight is 307 g/mol. The molecule has 0 spiro atoms. The Kier molecular flexibility index (Phi) is 6.02. The number of piperazine rings is 1. The van der Waals surface area contributed by atoms with Crippen molar-refractivity contribution < 1.29 is 0 Å². The Bertz CT molecular complexity index is 575. The molecule has 0 atom stereocenters. The molecule has 1 N–H and O–H groups in total. The van der Waals surface area contributed by atoms with Gasteiger partial charge in [-0.05, 0) is 30.9 Å². The fraction of sp³-hybridized carbons (Fsp3) is 0.600. The van der Waals surface area contributed by atoms with Crippen LogP contribution in [0.25, 0.3) is 5.65 Å². The molecule has 5 nitrogen and oxygen atoms in total. The average Bonchev–Trinajstić information content (AvgIpc) is 2.91. The van der Waals surface area contributed by atoms with E-state index < -0.39 is 0 Å². The van der Waals surface area contributed by atoms with Crippen molar-refractivity contribution in [2.24, 2.45) is 0 Å². The lowest BCUT2D eigenvalue weighted by Crippen LogP contribution is -2.42. The molecule has 0 unspecified atom stereocenters. The number of rotatable bonds is 3. The maximum absolute atomic E-state index is 4.25. The van der Waals surface area contributed by atoms with Gasteiger partial charge >= 0.3 is 0 Å². The SMILES string of the molecule is CC.CSc1cc(CN2CCNCC2)cc2nnc(C)n12. The van der Waals surface area contributed by atoms with Crippen molar-refractivity contribution in [2.45, 2.75) is 32.3 Å². The van der Waals surface area contributed by atoms with Gasteiger partial charge in [0.2, 0.25) is 0 Å². The smallest absolute Gasteiger partial charge is 0.161 e. The highest BCUT2D eigenvalue weighted by Gasteiger charge is 2.13. The molecule has 0 aromatic carbocycles. The van der Waals surface area contributed by atoms with Crippen LogP contribution in [-0.4, -0.2) is 51.9 Å². The Morgan fingerprint density at radius 3 is 2.57 bits per heavy atom. The molecule has 1 aliphatic rings. The van der Waals surface area contributed by atoms with E-state index in [2.05, 4.69) is 43.2 Å². The van der Waals surface area contributed by atoms with E-state index in [1.807, 2.05) is 20.8 Å². The number of thioether (sulfide) groups is 1. The van der Waals surface area contributed by atoms with Crippen molar-refractivity contribution in [3.05, 3.63) is 23.5 Å². The first-order valence-electron chi connectivity index (χ1n) is 7.59. The molecular weight excluding hydrogens is 282 g/mol. The second-order valence-electron chi connectivity index (χ2n) is 4.87. The predicted octanol–water partition coefficient (Wildman–Crippen LogP) is 2.19. The third-order valence-corrected chi connectivity index (χ3v) is 4.24. The van der Waals surface area contributed by atoms with E-state index in [0.29, 0.717) is 0 Å². The lowest BCUT2D eigenvalue weighted by Gasteiger charge is -2.27. The van der Waals surface area contributed by atoms with Gasteiger partial charge in [0.05, 0.1) is 5.03 Å². The zero-order chi connectivity index (χ0) is 15.2. The summed E-state index contributed by atoms with van der Waals surface area (Å²) < 4.78 is 2.12. The van der Waals surface area contributed by atoms with E-state index >= 15 is 0 Å². The van der Waals surface area contributed by atoms with Crippen LogP contribution in [0.3, 0.4) is 0 Å². The first kappa shape index (κ1) is 16.3. The van der Waals surface area contributed by atoms with E-state index in [0.717, 1.165) is 44.2 Å². The van der Waals surface area contributed by atoms with Crippen LogP contribution in [0, 0.1) is 6.92 Å². The van der Waals surface area contributed by atoms with Crippen LogP contribution in [0.4, 0.5) is 0 Å². The molecule has 116 valence electrons. The van der Waals surface area contributed by atoms with Crippen molar-refractivity contribution in [2.75, 3.05) is 32.4 Å². The van der Waals surface area contributed by atoms with Gasteiger partial charge in [-0.2, -0.15) is 0 Å². The lowest BCUT2D eigenvalue weighted by molar-refractivity contribution is 0.233. The third-order valence-electron chi connectivity index (χ3n) is 3.52. The van der Waals surface area contributed by atoms with Crippen molar-refractivity contribution in [1.82, 2.24) is 24.8 Å². The number of aryl methyl sites for hydroxylation is 1. The second kappa shape index (κ2) is 7.77. The first-order valence-corrected chi connectivity index (χ1v) is 8.82. The molecule has 0 amide bonds. The third kappa shape index (κ3) is 3.75. The Hall–Kier alpha value is -1.11. The van der Waals surface area contributed by atoms with Crippen LogP contribution in [-0.2, 0) is 6.54 Å². The number of fused-ring (bicyclic) bond motifs is 1. The Morgan fingerprint density at radius 1 is 1.19 bits per heavy atom. The van der Waals surface area contributed by atoms with Crippen molar-refractivity contribution >= 4 is 17.4 Å². The zero-order valence-electron chi connectivity index (χ0n) is 13.4. The quantitative estimate of drug-likeness (QED) is 0.881. The van der Waals surface area contributed by atoms with E-state index in [9.17, 15) is 0 Å². The molecule has 0 aliphatic carbocycles. The minimum absolute atomic E-state index is 0.952. The van der Waals surface area contributed by atoms with Gasteiger partial charge in [0.25, 0.3) is 0 Å². The summed E-state index contributed by atoms with van der Waals surface area (Å²) in [6.45, 7) is 11.4. The summed E-state index contributed by atoms with van der Waals surface area (Å²) in [5, 5.41) is 13.0. The molecule has 6 heteroatoms. The van der Waals surface area contributed by atoms with E-state index in [1.165, 1.54) is 10.6 Å². The number of nitrogens with one attached hydrogen (secondary N) is 1. The highest BCUT2D eigenvalue weighted by Crippen LogP contribution is 2.21. The standard InChI is InChI=1S/C13H19N5S.C2H6/c1-10-15-16-12-7-11(8-13(19-2)18(10)12)9-17-5-3-14-4-6-17;1-2/h7-8,14H,3-6,9H2,1-2H3;1-2H3. The van der Waals surface area contributed by atoms with Crippen molar-refractivity contribution in [3.63, 3.8) is 0 Å². The van der Waals surface area contributed by atoms with Crippen LogP contribution in [0.1, 0.15) is 25.2 Å². The van der Waals surface area contributed by atoms with Gasteiger partial charge < -0.3 is 5.32 Å². The molecular formula is C15H25N5S. The Labute approximate surface area is 131 Å². The molecule has 21 heavy (non-hydrogen) atoms. The summed E-state index contributed by atoms with van der Waals surface area (Å²) in [5.41, 5.74) is 2.28. The highest BCUT2D eigenvalue weighted by atomic mass is 32.2. The van der Waals surface area contributed by atoms with Gasteiger partial charge in [-0.25, -0.2) is 0 Å². The second-order valence-corrected chi connectivity index (χ2v) is 5.70. The minimum Gasteiger partial charge on any atom is -0.314 e. The highest BCUT2D eigenvalue weighted by molar-refractivity contribution is 7.98. The van der Waals surface area contributed by atoms with Gasteiger partial charge in [0.15, 0.2) is 5.65 Å². The minimum atomic E-state index is 0.952. The van der Waals surface area contributed by atoms with Crippen LogP contribution in [0.5, 0.6) is 0 Å². The summed E-state index contributed by atoms with van der Waals surface area (Å²) in [6.07, 6.45) is 2.10. The number of pyridine rings is 1. The number of hydrogen-bond donors (Lipinski definition) is 1. The zero-order valence-corrected chi connectivity index (χ0v) is 14.2. The van der Waals surface area contributed by atoms with E-state index in [4.69, 9.17) is 0 Å². The fourth-order valence-corrected chi connectivity index (χ4v) is 3.22. The maximum Gasteiger partial charge on any atom is 0.161 e. The molecule has 0 bridgehead atoms. The van der Waals surface area contributed by atoms with Crippen molar-refractivity contribution in [1.29, 1.82) is 0 Å². The van der Waals surface area contributed by atoms with E-state index in [1.54, 1.807) is 11.8 Å². The van der Waals surface area contributed by atoms with Crippen LogP contribution < -0.4 is 5.32 Å². The molecule has 1 fully saturated rings. The van der Waals surface area contributed by atoms with E-state index in [-0.39, 0.29) is 0 Å². The number of hydrogen-bond acceptors (Lipinski definition) is 5. The van der Waals surface area contributed by atoms with Gasteiger partial charge in [-0.1, -0.05) is 13.8 Å². The summed E-state index contributed by atoms with van der Waals surface area (Å²) >= 11 is 1.75. The topological polar surface area (TPSA) is 45.5 Å². The molecule has 3 rings (SSSR count). The normalized spacial score (nSPS) is 15.8. The molecule has 3 heterocycles. The first-order chi connectivity index (χ1) is 10.3. The molecule has 0 saturated carbocycles. The lowest BCUT2D eigenvalue weighted by atomic mass is 10.2. The van der Waals surface area contributed by atoms with Crippen LogP contribution in [0.15, 0.2) is 17.2 Å². The summed E-state index contributed by atoms with van der Waals surface area (Å²) in [7, 11) is 0.